The highest BCUT2D eigenvalue weighted by atomic mass is 16.5. The van der Waals surface area contributed by atoms with Crippen LogP contribution in [0.3, 0.4) is 0 Å². The minimum absolute atomic E-state index is 0.337. The maximum absolute atomic E-state index is 9.77. The van der Waals surface area contributed by atoms with Gasteiger partial charge in [-0.3, -0.25) is 0 Å². The van der Waals surface area contributed by atoms with E-state index in [9.17, 15) is 5.11 Å². The first-order valence-corrected chi connectivity index (χ1v) is 7.35. The fourth-order valence-electron chi connectivity index (χ4n) is 2.52. The van der Waals surface area contributed by atoms with E-state index < -0.39 is 0 Å². The molecular weight excluding hydrogens is 214 g/mol. The number of hydrogen-bond donors (Lipinski definition) is 2. The summed E-state index contributed by atoms with van der Waals surface area (Å²) in [6.45, 7) is 2.23. The van der Waals surface area contributed by atoms with Crippen LogP contribution in [0.5, 0.6) is 0 Å². The van der Waals surface area contributed by atoms with Crippen molar-refractivity contribution in [1.29, 1.82) is 0 Å². The molecule has 2 saturated carbocycles. The minimum atomic E-state index is -0.337. The molecule has 0 aliphatic heterocycles. The summed E-state index contributed by atoms with van der Waals surface area (Å²) in [6.07, 6.45) is 10.5. The van der Waals surface area contributed by atoms with Gasteiger partial charge >= 0.3 is 0 Å². The van der Waals surface area contributed by atoms with Gasteiger partial charge in [0.2, 0.25) is 0 Å². The summed E-state index contributed by atoms with van der Waals surface area (Å²) in [5, 5.41) is 13.1. The van der Waals surface area contributed by atoms with Gasteiger partial charge in [0.15, 0.2) is 0 Å². The molecule has 2 aliphatic rings. The van der Waals surface area contributed by atoms with Crippen molar-refractivity contribution in [2.24, 2.45) is 5.92 Å². The van der Waals surface area contributed by atoms with E-state index in [-0.39, 0.29) is 6.10 Å². The number of nitrogens with one attached hydrogen (secondary N) is 1. The van der Waals surface area contributed by atoms with Crippen LogP contribution in [0.1, 0.15) is 51.4 Å². The van der Waals surface area contributed by atoms with E-state index in [1.807, 2.05) is 0 Å². The minimum Gasteiger partial charge on any atom is -0.389 e. The van der Waals surface area contributed by atoms with Crippen LogP contribution in [0, 0.1) is 5.92 Å². The van der Waals surface area contributed by atoms with Crippen LogP contribution < -0.4 is 5.32 Å². The Labute approximate surface area is 105 Å². The molecule has 2 N–H and O–H groups in total. The number of aliphatic hydroxyl groups is 1. The van der Waals surface area contributed by atoms with Gasteiger partial charge in [-0.25, -0.2) is 0 Å². The summed E-state index contributed by atoms with van der Waals surface area (Å²) in [5.41, 5.74) is 0. The zero-order valence-electron chi connectivity index (χ0n) is 10.9. The predicted molar refractivity (Wildman–Crippen MR) is 69.0 cm³/mol. The monoisotopic (exact) mass is 241 g/mol. The van der Waals surface area contributed by atoms with E-state index in [1.54, 1.807) is 0 Å². The maximum atomic E-state index is 9.77. The van der Waals surface area contributed by atoms with Crippen molar-refractivity contribution < 1.29 is 9.84 Å². The van der Waals surface area contributed by atoms with Crippen LogP contribution in [-0.4, -0.2) is 37.0 Å². The quantitative estimate of drug-likeness (QED) is 0.639. The Morgan fingerprint density at radius 1 is 1.12 bits per heavy atom. The van der Waals surface area contributed by atoms with E-state index in [4.69, 9.17) is 4.74 Å². The fourth-order valence-corrected chi connectivity index (χ4v) is 2.52. The summed E-state index contributed by atoms with van der Waals surface area (Å²) in [4.78, 5) is 0. The first kappa shape index (κ1) is 13.3. The zero-order valence-corrected chi connectivity index (χ0v) is 10.9. The molecule has 2 rings (SSSR count). The van der Waals surface area contributed by atoms with Gasteiger partial charge in [-0.2, -0.15) is 0 Å². The van der Waals surface area contributed by atoms with Gasteiger partial charge in [0, 0.05) is 6.54 Å². The van der Waals surface area contributed by atoms with Crippen molar-refractivity contribution in [2.45, 2.75) is 63.6 Å². The number of rotatable bonds is 8. The second-order valence-electron chi connectivity index (χ2n) is 5.68. The standard InChI is InChI=1S/C14H27NO2/c16-13(10-15-9-8-12-6-7-12)11-17-14-4-2-1-3-5-14/h12-16H,1-11H2. The molecule has 0 aromatic rings. The molecule has 0 spiro atoms. The molecule has 2 fully saturated rings. The third kappa shape index (κ3) is 5.84. The summed E-state index contributed by atoms with van der Waals surface area (Å²) < 4.78 is 5.75. The highest BCUT2D eigenvalue weighted by Gasteiger charge is 2.20. The molecule has 3 nitrogen and oxygen atoms in total. The molecule has 0 aromatic heterocycles. The van der Waals surface area contributed by atoms with E-state index in [2.05, 4.69) is 5.32 Å². The zero-order chi connectivity index (χ0) is 11.9. The van der Waals surface area contributed by atoms with Gasteiger partial charge in [-0.1, -0.05) is 32.1 Å². The van der Waals surface area contributed by atoms with Gasteiger partial charge in [0.1, 0.15) is 0 Å². The van der Waals surface area contributed by atoms with Crippen molar-refractivity contribution >= 4 is 0 Å². The maximum Gasteiger partial charge on any atom is 0.0897 e. The Morgan fingerprint density at radius 3 is 2.59 bits per heavy atom. The topological polar surface area (TPSA) is 41.5 Å². The molecule has 0 saturated heterocycles. The summed E-state index contributed by atoms with van der Waals surface area (Å²) >= 11 is 0. The summed E-state index contributed by atoms with van der Waals surface area (Å²) in [6, 6.07) is 0. The Balaban J connectivity index is 1.43. The number of aliphatic hydroxyl groups excluding tert-OH is 1. The van der Waals surface area contributed by atoms with Crippen LogP contribution in [-0.2, 0) is 4.74 Å². The lowest BCUT2D eigenvalue weighted by atomic mass is 9.98. The van der Waals surface area contributed by atoms with Gasteiger partial charge in [0.25, 0.3) is 0 Å². The van der Waals surface area contributed by atoms with Crippen molar-refractivity contribution in [3.63, 3.8) is 0 Å². The van der Waals surface area contributed by atoms with Gasteiger partial charge in [-0.05, 0) is 31.7 Å². The first-order chi connectivity index (χ1) is 8.34. The van der Waals surface area contributed by atoms with Crippen molar-refractivity contribution in [3.05, 3.63) is 0 Å². The highest BCUT2D eigenvalue weighted by Crippen LogP contribution is 2.31. The average Bonchev–Trinajstić information content (AvgIpc) is 3.17. The molecule has 0 radical (unpaired) electrons. The Kier molecular flexibility index (Phi) is 5.75. The molecule has 3 heteroatoms. The molecule has 0 amide bonds. The van der Waals surface area contributed by atoms with Crippen molar-refractivity contribution in [3.8, 4) is 0 Å². The molecule has 2 aliphatic carbocycles. The van der Waals surface area contributed by atoms with Crippen LogP contribution in [0.25, 0.3) is 0 Å². The lowest BCUT2D eigenvalue weighted by molar-refractivity contribution is -0.0229. The van der Waals surface area contributed by atoms with Crippen LogP contribution in [0.2, 0.25) is 0 Å². The fraction of sp³-hybridized carbons (Fsp3) is 1.00. The third-order valence-corrected chi connectivity index (χ3v) is 3.88. The molecule has 100 valence electrons. The Hall–Kier alpha value is -0.120. The normalized spacial score (nSPS) is 23.8. The third-order valence-electron chi connectivity index (χ3n) is 3.88. The second kappa shape index (κ2) is 7.34. The SMILES string of the molecule is OC(CNCCC1CC1)COC1CCCCC1. The Morgan fingerprint density at radius 2 is 1.88 bits per heavy atom. The van der Waals surface area contributed by atoms with Gasteiger partial charge in [0.05, 0.1) is 18.8 Å². The van der Waals surface area contributed by atoms with Crippen LogP contribution in [0.4, 0.5) is 0 Å². The van der Waals surface area contributed by atoms with E-state index >= 15 is 0 Å². The molecule has 0 aromatic carbocycles. The Bertz CT molecular complexity index is 200. The summed E-state index contributed by atoms with van der Waals surface area (Å²) in [7, 11) is 0. The molecular formula is C14H27NO2. The van der Waals surface area contributed by atoms with E-state index in [1.165, 1.54) is 51.4 Å². The average molecular weight is 241 g/mol. The van der Waals surface area contributed by atoms with E-state index in [0.717, 1.165) is 12.5 Å². The highest BCUT2D eigenvalue weighted by molar-refractivity contribution is 4.74. The molecule has 1 unspecified atom stereocenters. The lowest BCUT2D eigenvalue weighted by Crippen LogP contribution is -2.33. The van der Waals surface area contributed by atoms with Gasteiger partial charge < -0.3 is 15.2 Å². The van der Waals surface area contributed by atoms with Crippen molar-refractivity contribution in [1.82, 2.24) is 5.32 Å². The molecule has 0 bridgehead atoms. The lowest BCUT2D eigenvalue weighted by Gasteiger charge is -2.23. The van der Waals surface area contributed by atoms with E-state index in [0.29, 0.717) is 19.3 Å². The molecule has 0 heterocycles. The smallest absolute Gasteiger partial charge is 0.0897 e. The van der Waals surface area contributed by atoms with Crippen LogP contribution >= 0.6 is 0 Å². The largest absolute Gasteiger partial charge is 0.389 e. The van der Waals surface area contributed by atoms with Gasteiger partial charge in [-0.15, -0.1) is 0 Å². The molecule has 17 heavy (non-hydrogen) atoms. The molecule has 1 atom stereocenters. The first-order valence-electron chi connectivity index (χ1n) is 7.35. The van der Waals surface area contributed by atoms with Crippen LogP contribution in [0.15, 0.2) is 0 Å². The number of ether oxygens (including phenoxy) is 1. The summed E-state index contributed by atoms with van der Waals surface area (Å²) in [5.74, 6) is 0.970. The number of hydrogen-bond acceptors (Lipinski definition) is 3. The van der Waals surface area contributed by atoms with Crippen molar-refractivity contribution in [2.75, 3.05) is 19.7 Å². The second-order valence-corrected chi connectivity index (χ2v) is 5.68. The predicted octanol–water partition coefficient (Wildman–Crippen LogP) is 2.09.